The van der Waals surface area contributed by atoms with Gasteiger partial charge in [0, 0.05) is 27.5 Å². The molecule has 0 radical (unpaired) electrons. The standard InChI is InChI=1S/C28H19N.C11H17N/c1-3-9-20(10-4-1)21-15-17-24-22(19-21)16-18-26-25-13-7-8-14-27(25)29(28(24)26)23-11-5-2-6-12-23;1-4-7-8-9-11(12)10(5-2)6-3/h1-19H;5-9H,2,4,12H2,1,3H3/b;8-7-,10-6+,11-9-. The lowest BCUT2D eigenvalue weighted by Crippen LogP contribution is -1.97. The summed E-state index contributed by atoms with van der Waals surface area (Å²) >= 11 is 0. The van der Waals surface area contributed by atoms with Gasteiger partial charge in [0.25, 0.3) is 0 Å². The van der Waals surface area contributed by atoms with E-state index in [-0.39, 0.29) is 0 Å². The summed E-state index contributed by atoms with van der Waals surface area (Å²) in [6, 6.07) is 41.3. The van der Waals surface area contributed by atoms with E-state index < -0.39 is 0 Å². The minimum Gasteiger partial charge on any atom is -0.398 e. The molecule has 0 aliphatic rings. The van der Waals surface area contributed by atoms with Crippen LogP contribution in [0.25, 0.3) is 49.4 Å². The van der Waals surface area contributed by atoms with E-state index in [9.17, 15) is 0 Å². The van der Waals surface area contributed by atoms with Crippen LogP contribution in [-0.2, 0) is 0 Å². The van der Waals surface area contributed by atoms with Crippen molar-refractivity contribution < 1.29 is 0 Å². The van der Waals surface area contributed by atoms with Crippen molar-refractivity contribution in [1.29, 1.82) is 0 Å². The Kier molecular flexibility index (Phi) is 8.61. The lowest BCUT2D eigenvalue weighted by molar-refractivity contribution is 1.19. The summed E-state index contributed by atoms with van der Waals surface area (Å²) in [6.45, 7) is 7.70. The zero-order valence-electron chi connectivity index (χ0n) is 23.8. The minimum absolute atomic E-state index is 0.761. The molecule has 6 rings (SSSR count). The molecule has 202 valence electrons. The molecule has 6 aromatic rings. The van der Waals surface area contributed by atoms with Gasteiger partial charge < -0.3 is 10.3 Å². The first-order valence-electron chi connectivity index (χ1n) is 14.1. The number of aromatic nitrogens is 1. The Labute approximate surface area is 243 Å². The van der Waals surface area contributed by atoms with Crippen molar-refractivity contribution in [3.63, 3.8) is 0 Å². The molecule has 0 fully saturated rings. The number of nitrogens with zero attached hydrogens (tertiary/aromatic N) is 1. The van der Waals surface area contributed by atoms with Crippen molar-refractivity contribution in [2.24, 2.45) is 5.73 Å². The van der Waals surface area contributed by atoms with E-state index >= 15 is 0 Å². The van der Waals surface area contributed by atoms with Crippen LogP contribution < -0.4 is 5.73 Å². The molecule has 0 bridgehead atoms. The van der Waals surface area contributed by atoms with E-state index in [1.807, 2.05) is 25.2 Å². The average molecular weight is 533 g/mol. The Morgan fingerprint density at radius 1 is 0.756 bits per heavy atom. The molecule has 0 spiro atoms. The van der Waals surface area contributed by atoms with Gasteiger partial charge in [-0.3, -0.25) is 0 Å². The van der Waals surface area contributed by atoms with Gasteiger partial charge in [-0.1, -0.05) is 129 Å². The molecule has 2 N–H and O–H groups in total. The van der Waals surface area contributed by atoms with Crippen LogP contribution >= 0.6 is 0 Å². The fourth-order valence-electron chi connectivity index (χ4n) is 5.25. The highest BCUT2D eigenvalue weighted by atomic mass is 15.0. The monoisotopic (exact) mass is 532 g/mol. The van der Waals surface area contributed by atoms with Crippen LogP contribution in [0, 0.1) is 0 Å². The van der Waals surface area contributed by atoms with Crippen molar-refractivity contribution in [3.8, 4) is 16.8 Å². The molecule has 5 aromatic carbocycles. The fourth-order valence-corrected chi connectivity index (χ4v) is 5.25. The quantitative estimate of drug-likeness (QED) is 0.213. The van der Waals surface area contributed by atoms with Crippen LogP contribution in [0.3, 0.4) is 0 Å². The van der Waals surface area contributed by atoms with E-state index in [0.717, 1.165) is 17.7 Å². The molecule has 1 heterocycles. The highest BCUT2D eigenvalue weighted by Crippen LogP contribution is 2.37. The Morgan fingerprint density at radius 3 is 2.15 bits per heavy atom. The van der Waals surface area contributed by atoms with Gasteiger partial charge >= 0.3 is 0 Å². The van der Waals surface area contributed by atoms with Crippen LogP contribution in [0.5, 0.6) is 0 Å². The van der Waals surface area contributed by atoms with E-state index in [0.29, 0.717) is 0 Å². The van der Waals surface area contributed by atoms with Gasteiger partial charge in [-0.25, -0.2) is 0 Å². The maximum atomic E-state index is 5.75. The third kappa shape index (κ3) is 5.78. The molecule has 2 nitrogen and oxygen atoms in total. The molecule has 2 heteroatoms. The summed E-state index contributed by atoms with van der Waals surface area (Å²) < 4.78 is 2.40. The smallest absolute Gasteiger partial charge is 0.0619 e. The maximum Gasteiger partial charge on any atom is 0.0619 e. The number of hydrogen-bond acceptors (Lipinski definition) is 1. The van der Waals surface area contributed by atoms with Crippen LogP contribution in [0.4, 0.5) is 0 Å². The summed E-state index contributed by atoms with van der Waals surface area (Å²) in [4.78, 5) is 0. The van der Waals surface area contributed by atoms with Gasteiger partial charge in [-0.2, -0.15) is 0 Å². The fraction of sp³-hybridized carbons (Fsp3) is 0.0769. The molecular formula is C39H36N2. The molecule has 0 amide bonds. The molecule has 41 heavy (non-hydrogen) atoms. The first-order valence-corrected chi connectivity index (χ1v) is 14.1. The van der Waals surface area contributed by atoms with Crippen molar-refractivity contribution >= 4 is 32.6 Å². The second-order valence-electron chi connectivity index (χ2n) is 9.86. The summed E-state index contributed by atoms with van der Waals surface area (Å²) in [5.74, 6) is 0. The number of hydrogen-bond donors (Lipinski definition) is 1. The molecule has 0 aliphatic carbocycles. The largest absolute Gasteiger partial charge is 0.398 e. The van der Waals surface area contributed by atoms with Crippen molar-refractivity contribution in [1.82, 2.24) is 4.57 Å². The first kappa shape index (κ1) is 27.5. The molecular weight excluding hydrogens is 496 g/mol. The number of nitrogens with two attached hydrogens (primary N) is 1. The van der Waals surface area contributed by atoms with E-state index in [1.165, 1.54) is 49.4 Å². The normalized spacial score (nSPS) is 12.1. The summed E-state index contributed by atoms with van der Waals surface area (Å²) in [6.07, 6.45) is 10.6. The number of para-hydroxylation sites is 2. The van der Waals surface area contributed by atoms with Crippen molar-refractivity contribution in [2.75, 3.05) is 0 Å². The molecule has 0 saturated heterocycles. The van der Waals surface area contributed by atoms with Crippen molar-refractivity contribution in [3.05, 3.63) is 163 Å². The van der Waals surface area contributed by atoms with Gasteiger partial charge in [0.2, 0.25) is 0 Å². The first-order chi connectivity index (χ1) is 20.2. The average Bonchev–Trinajstić information content (AvgIpc) is 3.37. The Hall–Kier alpha value is -5.08. The number of allylic oxidation sites excluding steroid dienone is 5. The topological polar surface area (TPSA) is 30.9 Å². The molecule has 0 aliphatic heterocycles. The highest BCUT2D eigenvalue weighted by Gasteiger charge is 2.14. The van der Waals surface area contributed by atoms with Gasteiger partial charge in [-0.15, -0.1) is 0 Å². The third-order valence-electron chi connectivity index (χ3n) is 7.28. The second kappa shape index (κ2) is 12.8. The molecule has 0 saturated carbocycles. The number of benzene rings is 5. The van der Waals surface area contributed by atoms with E-state index in [2.05, 4.69) is 139 Å². The number of fused-ring (bicyclic) bond motifs is 5. The molecule has 0 unspecified atom stereocenters. The van der Waals surface area contributed by atoms with Gasteiger partial charge in [0.15, 0.2) is 0 Å². The third-order valence-corrected chi connectivity index (χ3v) is 7.28. The zero-order valence-corrected chi connectivity index (χ0v) is 23.8. The Morgan fingerprint density at radius 2 is 1.44 bits per heavy atom. The summed E-state index contributed by atoms with van der Waals surface area (Å²) in [5.41, 5.74) is 13.7. The Bertz CT molecular complexity index is 1880. The lowest BCUT2D eigenvalue weighted by atomic mass is 9.99. The minimum atomic E-state index is 0.761. The van der Waals surface area contributed by atoms with Crippen LogP contribution in [-0.4, -0.2) is 4.57 Å². The zero-order chi connectivity index (χ0) is 28.6. The lowest BCUT2D eigenvalue weighted by Gasteiger charge is -2.10. The number of rotatable bonds is 6. The van der Waals surface area contributed by atoms with E-state index in [4.69, 9.17) is 5.73 Å². The van der Waals surface area contributed by atoms with Crippen molar-refractivity contribution in [2.45, 2.75) is 20.3 Å². The van der Waals surface area contributed by atoms with Gasteiger partial charge in [0.05, 0.1) is 11.0 Å². The highest BCUT2D eigenvalue weighted by molar-refractivity contribution is 6.18. The van der Waals surface area contributed by atoms with Crippen LogP contribution in [0.15, 0.2) is 163 Å². The SMILES string of the molecule is C=CC(=C\C)/C(N)=C/C=C\CC.c1ccc(-c2ccc3c(ccc4c5ccccc5n(-c5ccccc5)c34)c2)cc1. The van der Waals surface area contributed by atoms with E-state index in [1.54, 1.807) is 6.08 Å². The molecule has 0 atom stereocenters. The Balaban J connectivity index is 0.000000241. The van der Waals surface area contributed by atoms with Gasteiger partial charge in [0.1, 0.15) is 0 Å². The predicted molar refractivity (Wildman–Crippen MR) is 179 cm³/mol. The predicted octanol–water partition coefficient (Wildman–Crippen LogP) is 10.5. The van der Waals surface area contributed by atoms with Gasteiger partial charge in [-0.05, 0) is 65.8 Å². The molecule has 1 aromatic heterocycles. The summed E-state index contributed by atoms with van der Waals surface area (Å²) in [5, 5.41) is 5.13. The van der Waals surface area contributed by atoms with Crippen LogP contribution in [0.1, 0.15) is 20.3 Å². The van der Waals surface area contributed by atoms with Crippen LogP contribution in [0.2, 0.25) is 0 Å². The summed E-state index contributed by atoms with van der Waals surface area (Å²) in [7, 11) is 0. The maximum absolute atomic E-state index is 5.75. The second-order valence-corrected chi connectivity index (χ2v) is 9.86.